The standard InChI is InChI=1S/C24H22O5/c1-17(25)29-22-15-20(19-11-7-4-8-12-19)13-14-21(22)24(2,27)23(26)28-16-18-9-5-3-6-10-18/h3-15,27H,16H2,1-2H3. The number of hydrogen-bond donors (Lipinski definition) is 1. The van der Waals surface area contributed by atoms with Gasteiger partial charge in [-0.25, -0.2) is 4.79 Å². The van der Waals surface area contributed by atoms with Gasteiger partial charge in [0.1, 0.15) is 12.4 Å². The molecule has 1 N–H and O–H groups in total. The van der Waals surface area contributed by atoms with Crippen molar-refractivity contribution in [2.24, 2.45) is 0 Å². The van der Waals surface area contributed by atoms with Gasteiger partial charge in [-0.1, -0.05) is 72.8 Å². The lowest BCUT2D eigenvalue weighted by Crippen LogP contribution is -2.34. The zero-order valence-corrected chi connectivity index (χ0v) is 16.3. The summed E-state index contributed by atoms with van der Waals surface area (Å²) >= 11 is 0. The van der Waals surface area contributed by atoms with E-state index >= 15 is 0 Å². The maximum absolute atomic E-state index is 12.6. The first kappa shape index (κ1) is 20.3. The molecular formula is C24H22O5. The Bertz CT molecular complexity index is 994. The van der Waals surface area contributed by atoms with Gasteiger partial charge in [-0.05, 0) is 29.7 Å². The smallest absolute Gasteiger partial charge is 0.343 e. The first-order valence-corrected chi connectivity index (χ1v) is 9.20. The van der Waals surface area contributed by atoms with E-state index in [0.717, 1.165) is 16.7 Å². The van der Waals surface area contributed by atoms with Crippen LogP contribution in [0.1, 0.15) is 25.0 Å². The second-order valence-electron chi connectivity index (χ2n) is 6.80. The van der Waals surface area contributed by atoms with Crippen LogP contribution in [-0.2, 0) is 26.5 Å². The number of rotatable bonds is 6. The molecule has 0 saturated carbocycles. The number of carbonyl (C=O) groups is 2. The molecule has 1 atom stereocenters. The Labute approximate surface area is 169 Å². The van der Waals surface area contributed by atoms with Crippen LogP contribution in [0.5, 0.6) is 5.75 Å². The zero-order chi connectivity index (χ0) is 20.9. The molecule has 0 aromatic heterocycles. The molecule has 0 bridgehead atoms. The van der Waals surface area contributed by atoms with Crippen molar-refractivity contribution in [2.75, 3.05) is 0 Å². The molecule has 5 nitrogen and oxygen atoms in total. The average molecular weight is 390 g/mol. The maximum Gasteiger partial charge on any atom is 0.343 e. The number of benzene rings is 3. The maximum atomic E-state index is 12.6. The molecule has 0 fully saturated rings. The van der Waals surface area contributed by atoms with Crippen LogP contribution < -0.4 is 4.74 Å². The predicted molar refractivity (Wildman–Crippen MR) is 109 cm³/mol. The van der Waals surface area contributed by atoms with Crippen molar-refractivity contribution in [3.05, 3.63) is 90.0 Å². The number of hydrogen-bond acceptors (Lipinski definition) is 5. The van der Waals surface area contributed by atoms with Crippen LogP contribution in [-0.4, -0.2) is 17.0 Å². The van der Waals surface area contributed by atoms with Crippen molar-refractivity contribution in [1.82, 2.24) is 0 Å². The fourth-order valence-corrected chi connectivity index (χ4v) is 2.95. The molecule has 3 aromatic rings. The lowest BCUT2D eigenvalue weighted by atomic mass is 9.92. The molecule has 0 heterocycles. The highest BCUT2D eigenvalue weighted by atomic mass is 16.6. The second-order valence-corrected chi connectivity index (χ2v) is 6.80. The van der Waals surface area contributed by atoms with Crippen molar-refractivity contribution in [3.63, 3.8) is 0 Å². The van der Waals surface area contributed by atoms with Crippen LogP contribution in [0, 0.1) is 0 Å². The summed E-state index contributed by atoms with van der Waals surface area (Å²) in [5.74, 6) is -1.27. The Morgan fingerprint density at radius 1 is 0.897 bits per heavy atom. The highest BCUT2D eigenvalue weighted by Gasteiger charge is 2.37. The Kier molecular flexibility index (Phi) is 6.10. The average Bonchev–Trinajstić information content (AvgIpc) is 2.72. The molecule has 3 rings (SSSR count). The minimum atomic E-state index is -1.99. The van der Waals surface area contributed by atoms with E-state index in [1.165, 1.54) is 13.8 Å². The largest absolute Gasteiger partial charge is 0.458 e. The summed E-state index contributed by atoms with van der Waals surface area (Å²) in [6.07, 6.45) is 0. The number of esters is 2. The number of carbonyl (C=O) groups excluding carboxylic acids is 2. The van der Waals surface area contributed by atoms with Gasteiger partial charge in [-0.3, -0.25) is 4.79 Å². The zero-order valence-electron chi connectivity index (χ0n) is 16.3. The predicted octanol–water partition coefficient (Wildman–Crippen LogP) is 4.23. The van der Waals surface area contributed by atoms with Gasteiger partial charge >= 0.3 is 11.9 Å². The van der Waals surface area contributed by atoms with E-state index in [4.69, 9.17) is 9.47 Å². The van der Waals surface area contributed by atoms with Gasteiger partial charge in [-0.2, -0.15) is 0 Å². The van der Waals surface area contributed by atoms with Crippen molar-refractivity contribution < 1.29 is 24.2 Å². The summed E-state index contributed by atoms with van der Waals surface area (Å²) in [5.41, 5.74) is 0.675. The van der Waals surface area contributed by atoms with Crippen molar-refractivity contribution in [3.8, 4) is 16.9 Å². The topological polar surface area (TPSA) is 72.8 Å². The minimum Gasteiger partial charge on any atom is -0.458 e. The molecule has 0 aliphatic carbocycles. The van der Waals surface area contributed by atoms with Crippen molar-refractivity contribution in [1.29, 1.82) is 0 Å². The Morgan fingerprint density at radius 3 is 2.14 bits per heavy atom. The van der Waals surface area contributed by atoms with Gasteiger partial charge in [0.05, 0.1) is 0 Å². The molecule has 148 valence electrons. The molecule has 3 aromatic carbocycles. The Balaban J connectivity index is 1.90. The van der Waals surface area contributed by atoms with Crippen LogP contribution in [0.25, 0.3) is 11.1 Å². The molecule has 0 radical (unpaired) electrons. The molecular weight excluding hydrogens is 368 g/mol. The van der Waals surface area contributed by atoms with Gasteiger partial charge in [0.15, 0.2) is 5.60 Å². The molecule has 5 heteroatoms. The second kappa shape index (κ2) is 8.71. The third-order valence-electron chi connectivity index (χ3n) is 4.48. The van der Waals surface area contributed by atoms with Crippen LogP contribution in [0.15, 0.2) is 78.9 Å². The summed E-state index contributed by atoms with van der Waals surface area (Å²) < 4.78 is 10.6. The third kappa shape index (κ3) is 4.89. The summed E-state index contributed by atoms with van der Waals surface area (Å²) in [4.78, 5) is 24.2. The molecule has 0 saturated heterocycles. The Hall–Kier alpha value is -3.44. The van der Waals surface area contributed by atoms with E-state index in [1.54, 1.807) is 18.2 Å². The summed E-state index contributed by atoms with van der Waals surface area (Å²) in [5, 5.41) is 10.9. The van der Waals surface area contributed by atoms with E-state index in [9.17, 15) is 14.7 Å². The quantitative estimate of drug-likeness (QED) is 0.504. The highest BCUT2D eigenvalue weighted by Crippen LogP contribution is 2.35. The molecule has 0 aliphatic heterocycles. The lowest BCUT2D eigenvalue weighted by molar-refractivity contribution is -0.166. The van der Waals surface area contributed by atoms with E-state index in [0.29, 0.717) is 0 Å². The van der Waals surface area contributed by atoms with E-state index in [-0.39, 0.29) is 17.9 Å². The fraction of sp³-hybridized carbons (Fsp3) is 0.167. The highest BCUT2D eigenvalue weighted by molar-refractivity contribution is 5.83. The summed E-state index contributed by atoms with van der Waals surface area (Å²) in [6, 6.07) is 23.7. The molecule has 1 unspecified atom stereocenters. The van der Waals surface area contributed by atoms with Gasteiger partial charge in [0, 0.05) is 12.5 Å². The molecule has 0 spiro atoms. The minimum absolute atomic E-state index is 0.0286. The lowest BCUT2D eigenvalue weighted by Gasteiger charge is -2.24. The first-order chi connectivity index (χ1) is 13.9. The molecule has 0 aliphatic rings. The number of ether oxygens (including phenoxy) is 2. The summed E-state index contributed by atoms with van der Waals surface area (Å²) in [7, 11) is 0. The van der Waals surface area contributed by atoms with Gasteiger partial charge in [0.25, 0.3) is 0 Å². The normalized spacial score (nSPS) is 12.7. The SMILES string of the molecule is CC(=O)Oc1cc(-c2ccccc2)ccc1C(C)(O)C(=O)OCc1ccccc1. The van der Waals surface area contributed by atoms with E-state index in [1.807, 2.05) is 60.7 Å². The first-order valence-electron chi connectivity index (χ1n) is 9.20. The van der Waals surface area contributed by atoms with Crippen LogP contribution in [0.2, 0.25) is 0 Å². The van der Waals surface area contributed by atoms with E-state index < -0.39 is 17.5 Å². The fourth-order valence-electron chi connectivity index (χ4n) is 2.95. The monoisotopic (exact) mass is 390 g/mol. The van der Waals surface area contributed by atoms with Gasteiger partial charge < -0.3 is 14.6 Å². The third-order valence-corrected chi connectivity index (χ3v) is 4.48. The van der Waals surface area contributed by atoms with Crippen molar-refractivity contribution in [2.45, 2.75) is 26.1 Å². The van der Waals surface area contributed by atoms with Crippen LogP contribution >= 0.6 is 0 Å². The molecule has 29 heavy (non-hydrogen) atoms. The Morgan fingerprint density at radius 2 is 1.52 bits per heavy atom. The number of aliphatic hydroxyl groups is 1. The molecule has 0 amide bonds. The van der Waals surface area contributed by atoms with Crippen LogP contribution in [0.4, 0.5) is 0 Å². The van der Waals surface area contributed by atoms with Crippen LogP contribution in [0.3, 0.4) is 0 Å². The van der Waals surface area contributed by atoms with Gasteiger partial charge in [-0.15, -0.1) is 0 Å². The summed E-state index contributed by atoms with van der Waals surface area (Å²) in [6.45, 7) is 2.62. The van der Waals surface area contributed by atoms with Crippen molar-refractivity contribution >= 4 is 11.9 Å². The van der Waals surface area contributed by atoms with E-state index in [2.05, 4.69) is 0 Å². The van der Waals surface area contributed by atoms with Gasteiger partial charge in [0.2, 0.25) is 0 Å².